The highest BCUT2D eigenvalue weighted by Gasteiger charge is 2.25. The van der Waals surface area contributed by atoms with E-state index in [1.807, 2.05) is 19.1 Å². The molecule has 0 aliphatic heterocycles. The van der Waals surface area contributed by atoms with E-state index in [1.165, 1.54) is 0 Å². The number of carbonyl (C=O) groups is 1. The average molecular weight is 290 g/mol. The number of nitrogens with one attached hydrogen (secondary N) is 2. The summed E-state index contributed by atoms with van der Waals surface area (Å²) in [4.78, 5) is 16.5. The molecule has 0 bridgehead atoms. The van der Waals surface area contributed by atoms with Gasteiger partial charge < -0.3 is 16.4 Å². The quantitative estimate of drug-likeness (QED) is 0.752. The summed E-state index contributed by atoms with van der Waals surface area (Å²) in [5.74, 6) is 1.77. The molecule has 0 radical (unpaired) electrons. The molecule has 21 heavy (non-hydrogen) atoms. The van der Waals surface area contributed by atoms with Crippen molar-refractivity contribution in [3.05, 3.63) is 18.3 Å². The van der Waals surface area contributed by atoms with Gasteiger partial charge in [-0.2, -0.15) is 0 Å². The molecule has 1 aromatic heterocycles. The Morgan fingerprint density at radius 1 is 1.38 bits per heavy atom. The molecule has 1 fully saturated rings. The van der Waals surface area contributed by atoms with E-state index in [9.17, 15) is 4.79 Å². The third-order valence-electron chi connectivity index (χ3n) is 4.18. The predicted octanol–water partition coefficient (Wildman–Crippen LogP) is 2.61. The highest BCUT2D eigenvalue weighted by molar-refractivity contribution is 5.92. The second-order valence-electron chi connectivity index (χ2n) is 5.74. The molecule has 5 heteroatoms. The molecule has 0 unspecified atom stereocenters. The summed E-state index contributed by atoms with van der Waals surface area (Å²) in [5, 5.41) is 6.16. The van der Waals surface area contributed by atoms with Crippen LogP contribution in [0, 0.1) is 11.8 Å². The molecule has 0 aromatic carbocycles. The van der Waals surface area contributed by atoms with E-state index in [2.05, 4.69) is 15.6 Å². The molecule has 0 atom stereocenters. The van der Waals surface area contributed by atoms with Crippen molar-refractivity contribution in [1.82, 2.24) is 4.98 Å². The van der Waals surface area contributed by atoms with Crippen LogP contribution in [0.5, 0.6) is 0 Å². The van der Waals surface area contributed by atoms with Crippen LogP contribution in [0.25, 0.3) is 0 Å². The van der Waals surface area contributed by atoms with Crippen LogP contribution in [0.15, 0.2) is 18.3 Å². The third-order valence-corrected chi connectivity index (χ3v) is 4.18. The van der Waals surface area contributed by atoms with E-state index in [0.29, 0.717) is 5.92 Å². The first-order chi connectivity index (χ1) is 10.2. The van der Waals surface area contributed by atoms with E-state index in [-0.39, 0.29) is 11.8 Å². The second-order valence-corrected chi connectivity index (χ2v) is 5.74. The van der Waals surface area contributed by atoms with Gasteiger partial charge in [0.2, 0.25) is 5.91 Å². The fraction of sp³-hybridized carbons (Fsp3) is 0.625. The fourth-order valence-corrected chi connectivity index (χ4v) is 2.98. The molecule has 5 nitrogen and oxygen atoms in total. The van der Waals surface area contributed by atoms with Gasteiger partial charge in [-0.25, -0.2) is 4.98 Å². The number of pyridine rings is 1. The Labute approximate surface area is 126 Å². The lowest BCUT2D eigenvalue weighted by molar-refractivity contribution is -0.121. The van der Waals surface area contributed by atoms with E-state index in [1.54, 1.807) is 6.20 Å². The van der Waals surface area contributed by atoms with Crippen molar-refractivity contribution in [2.75, 3.05) is 23.7 Å². The molecule has 0 spiro atoms. The standard InChI is InChI=1S/C16H26N4O/c1-2-18-15-11-14(8-10-19-15)20-16(21)13-5-3-12(4-6-13)7-9-17/h8,10-13H,2-7,9,17H2,1H3,(H2,18,19,20,21)/t12-,13-. The molecule has 1 heterocycles. The average Bonchev–Trinajstić information content (AvgIpc) is 2.49. The van der Waals surface area contributed by atoms with E-state index in [4.69, 9.17) is 5.73 Å². The highest BCUT2D eigenvalue weighted by Crippen LogP contribution is 2.31. The Morgan fingerprint density at radius 2 is 2.14 bits per heavy atom. The smallest absolute Gasteiger partial charge is 0.227 e. The van der Waals surface area contributed by atoms with Crippen LogP contribution >= 0.6 is 0 Å². The molecule has 1 aliphatic rings. The van der Waals surface area contributed by atoms with Gasteiger partial charge in [0.05, 0.1) is 0 Å². The summed E-state index contributed by atoms with van der Waals surface area (Å²) in [6, 6.07) is 3.71. The van der Waals surface area contributed by atoms with Crippen molar-refractivity contribution in [1.29, 1.82) is 0 Å². The van der Waals surface area contributed by atoms with Crippen molar-refractivity contribution in [3.63, 3.8) is 0 Å². The van der Waals surface area contributed by atoms with Crippen molar-refractivity contribution in [2.45, 2.75) is 39.0 Å². The molecule has 2 rings (SSSR count). The van der Waals surface area contributed by atoms with Gasteiger partial charge in [-0.1, -0.05) is 0 Å². The zero-order chi connectivity index (χ0) is 15.1. The molecule has 1 aliphatic carbocycles. The van der Waals surface area contributed by atoms with Crippen LogP contribution in [-0.2, 0) is 4.79 Å². The fourth-order valence-electron chi connectivity index (χ4n) is 2.98. The zero-order valence-electron chi connectivity index (χ0n) is 12.8. The van der Waals surface area contributed by atoms with Gasteiger partial charge in [0.25, 0.3) is 0 Å². The minimum absolute atomic E-state index is 0.134. The zero-order valence-corrected chi connectivity index (χ0v) is 12.8. The SMILES string of the molecule is CCNc1cc(NC(=O)[C@H]2CC[C@H](CCN)CC2)ccn1. The molecule has 4 N–H and O–H groups in total. The molecule has 1 saturated carbocycles. The van der Waals surface area contributed by atoms with Crippen LogP contribution in [0.2, 0.25) is 0 Å². The monoisotopic (exact) mass is 290 g/mol. The van der Waals surface area contributed by atoms with Gasteiger partial charge in [0.1, 0.15) is 5.82 Å². The Bertz CT molecular complexity index is 455. The minimum atomic E-state index is 0.134. The van der Waals surface area contributed by atoms with Crippen molar-refractivity contribution in [3.8, 4) is 0 Å². The maximum Gasteiger partial charge on any atom is 0.227 e. The van der Waals surface area contributed by atoms with Gasteiger partial charge in [0.15, 0.2) is 0 Å². The molecule has 1 amide bonds. The largest absolute Gasteiger partial charge is 0.370 e. The van der Waals surface area contributed by atoms with Crippen LogP contribution < -0.4 is 16.4 Å². The summed E-state index contributed by atoms with van der Waals surface area (Å²) >= 11 is 0. The maximum atomic E-state index is 12.3. The Balaban J connectivity index is 1.86. The summed E-state index contributed by atoms with van der Waals surface area (Å²) < 4.78 is 0. The Kier molecular flexibility index (Phi) is 5.99. The van der Waals surface area contributed by atoms with Crippen molar-refractivity contribution in [2.24, 2.45) is 17.6 Å². The Hall–Kier alpha value is -1.62. The van der Waals surface area contributed by atoms with Crippen molar-refractivity contribution >= 4 is 17.4 Å². The van der Waals surface area contributed by atoms with E-state index in [0.717, 1.165) is 56.7 Å². The van der Waals surface area contributed by atoms with Gasteiger partial charge in [0, 0.05) is 30.4 Å². The summed E-state index contributed by atoms with van der Waals surface area (Å²) in [6.45, 7) is 3.59. The second kappa shape index (κ2) is 7.98. The topological polar surface area (TPSA) is 80.0 Å². The summed E-state index contributed by atoms with van der Waals surface area (Å²) in [7, 11) is 0. The maximum absolute atomic E-state index is 12.3. The predicted molar refractivity (Wildman–Crippen MR) is 86.1 cm³/mol. The van der Waals surface area contributed by atoms with Gasteiger partial charge >= 0.3 is 0 Å². The normalized spacial score (nSPS) is 21.8. The lowest BCUT2D eigenvalue weighted by Crippen LogP contribution is -2.27. The number of aromatic nitrogens is 1. The molecule has 116 valence electrons. The van der Waals surface area contributed by atoms with Crippen LogP contribution in [0.1, 0.15) is 39.0 Å². The minimum Gasteiger partial charge on any atom is -0.370 e. The number of amides is 1. The van der Waals surface area contributed by atoms with E-state index >= 15 is 0 Å². The van der Waals surface area contributed by atoms with Gasteiger partial charge in [-0.3, -0.25) is 4.79 Å². The highest BCUT2D eigenvalue weighted by atomic mass is 16.1. The van der Waals surface area contributed by atoms with Crippen LogP contribution in [0.4, 0.5) is 11.5 Å². The first kappa shape index (κ1) is 15.8. The first-order valence-corrected chi connectivity index (χ1v) is 7.93. The number of anilines is 2. The number of nitrogens with two attached hydrogens (primary N) is 1. The molecular formula is C16H26N4O. The van der Waals surface area contributed by atoms with Gasteiger partial charge in [-0.15, -0.1) is 0 Å². The van der Waals surface area contributed by atoms with Crippen LogP contribution in [0.3, 0.4) is 0 Å². The summed E-state index contributed by atoms with van der Waals surface area (Å²) in [5.41, 5.74) is 6.42. The summed E-state index contributed by atoms with van der Waals surface area (Å²) in [6.07, 6.45) is 6.99. The lowest BCUT2D eigenvalue weighted by Gasteiger charge is -2.27. The molecular weight excluding hydrogens is 264 g/mol. The first-order valence-electron chi connectivity index (χ1n) is 7.93. The lowest BCUT2D eigenvalue weighted by atomic mass is 9.80. The van der Waals surface area contributed by atoms with Crippen molar-refractivity contribution < 1.29 is 4.79 Å². The number of hydrogen-bond acceptors (Lipinski definition) is 4. The third kappa shape index (κ3) is 4.70. The number of nitrogens with zero attached hydrogens (tertiary/aromatic N) is 1. The molecule has 1 aromatic rings. The number of hydrogen-bond donors (Lipinski definition) is 3. The van der Waals surface area contributed by atoms with Gasteiger partial charge in [-0.05, 0) is 57.6 Å². The van der Waals surface area contributed by atoms with Crippen LogP contribution in [-0.4, -0.2) is 24.0 Å². The molecule has 0 saturated heterocycles. The number of carbonyl (C=O) groups excluding carboxylic acids is 1. The Morgan fingerprint density at radius 3 is 2.81 bits per heavy atom. The van der Waals surface area contributed by atoms with E-state index < -0.39 is 0 Å². The number of rotatable bonds is 6.